The summed E-state index contributed by atoms with van der Waals surface area (Å²) in [5, 5.41) is 7.64. The third kappa shape index (κ3) is 7.06. The first-order chi connectivity index (χ1) is 30.5. The predicted molar refractivity (Wildman–Crippen MR) is 261 cm³/mol. The highest BCUT2D eigenvalue weighted by Crippen LogP contribution is 2.39. The summed E-state index contributed by atoms with van der Waals surface area (Å²) in [7, 11) is 0. The molecule has 9 aromatic rings. The molecule has 8 aromatic carbocycles. The van der Waals surface area contributed by atoms with Gasteiger partial charge >= 0.3 is 0 Å². The number of nitrogens with zero attached hydrogens (tertiary/aromatic N) is 3. The predicted octanol–water partition coefficient (Wildman–Crippen LogP) is 15.6. The molecule has 0 amide bonds. The molecule has 1 heterocycles. The Labute approximate surface area is 363 Å². The molecule has 0 aliphatic heterocycles. The molecule has 2 aliphatic carbocycles. The Morgan fingerprint density at radius 1 is 0.339 bits per heavy atom. The maximum absolute atomic E-state index is 5.29. The van der Waals surface area contributed by atoms with Crippen LogP contribution in [-0.2, 0) is 0 Å². The van der Waals surface area contributed by atoms with Crippen molar-refractivity contribution in [3.05, 3.63) is 211 Å². The van der Waals surface area contributed by atoms with Gasteiger partial charge in [-0.05, 0) is 126 Å². The first-order valence-electron chi connectivity index (χ1n) is 21.8. The Balaban J connectivity index is 1.04. The smallest absolute Gasteiger partial charge is 0.164 e. The highest BCUT2D eigenvalue weighted by molar-refractivity contribution is 6.25. The van der Waals surface area contributed by atoms with E-state index in [0.29, 0.717) is 29.3 Å². The van der Waals surface area contributed by atoms with Crippen molar-refractivity contribution in [1.82, 2.24) is 15.0 Å². The lowest BCUT2D eigenvalue weighted by Crippen LogP contribution is -2.02. The summed E-state index contributed by atoms with van der Waals surface area (Å²) in [5.41, 5.74) is 12.2. The monoisotopic (exact) mass is 795 g/mol. The van der Waals surface area contributed by atoms with Crippen LogP contribution in [0.15, 0.2) is 200 Å². The highest BCUT2D eigenvalue weighted by atomic mass is 15.0. The third-order valence-corrected chi connectivity index (χ3v) is 12.6. The van der Waals surface area contributed by atoms with E-state index < -0.39 is 0 Å². The van der Waals surface area contributed by atoms with E-state index in [-0.39, 0.29) is 0 Å². The van der Waals surface area contributed by atoms with Gasteiger partial charge in [-0.1, -0.05) is 190 Å². The number of benzene rings is 8. The topological polar surface area (TPSA) is 38.7 Å². The summed E-state index contributed by atoms with van der Waals surface area (Å²) in [6.45, 7) is 4.51. The molecular formula is C59H45N3. The van der Waals surface area contributed by atoms with E-state index in [2.05, 4.69) is 214 Å². The molecule has 0 bridgehead atoms. The Hall–Kier alpha value is -7.49. The lowest BCUT2D eigenvalue weighted by atomic mass is 9.91. The van der Waals surface area contributed by atoms with Crippen molar-refractivity contribution in [3.63, 3.8) is 0 Å². The van der Waals surface area contributed by atoms with Crippen molar-refractivity contribution in [3.8, 4) is 56.4 Å². The summed E-state index contributed by atoms with van der Waals surface area (Å²) in [5.74, 6) is 3.03. The molecule has 3 heteroatoms. The van der Waals surface area contributed by atoms with E-state index >= 15 is 0 Å². The first kappa shape index (κ1) is 37.5. The van der Waals surface area contributed by atoms with Crippen molar-refractivity contribution in [2.45, 2.75) is 26.7 Å². The number of allylic oxidation sites excluding steroid dienone is 8. The highest BCUT2D eigenvalue weighted by Gasteiger charge is 2.18. The minimum atomic E-state index is 0.545. The second-order valence-corrected chi connectivity index (χ2v) is 16.9. The fourth-order valence-electron chi connectivity index (χ4n) is 9.20. The minimum absolute atomic E-state index is 0.545. The maximum Gasteiger partial charge on any atom is 0.164 e. The van der Waals surface area contributed by atoms with Gasteiger partial charge in [0.2, 0.25) is 0 Å². The van der Waals surface area contributed by atoms with Gasteiger partial charge in [-0.3, -0.25) is 0 Å². The van der Waals surface area contributed by atoms with Crippen LogP contribution in [0.25, 0.3) is 99.9 Å². The molecule has 11 rings (SSSR count). The first-order valence-corrected chi connectivity index (χ1v) is 21.8. The molecule has 296 valence electrons. The minimum Gasteiger partial charge on any atom is -0.208 e. The Bertz CT molecular complexity index is 3210. The Morgan fingerprint density at radius 3 is 1.31 bits per heavy atom. The van der Waals surface area contributed by atoms with E-state index in [0.717, 1.165) is 57.3 Å². The number of hydrogen-bond acceptors (Lipinski definition) is 3. The van der Waals surface area contributed by atoms with E-state index in [9.17, 15) is 0 Å². The van der Waals surface area contributed by atoms with Crippen molar-refractivity contribution >= 4 is 43.5 Å². The van der Waals surface area contributed by atoms with Gasteiger partial charge in [0.1, 0.15) is 0 Å². The molecular weight excluding hydrogens is 751 g/mol. The van der Waals surface area contributed by atoms with Crippen LogP contribution in [-0.4, -0.2) is 15.0 Å². The van der Waals surface area contributed by atoms with Gasteiger partial charge in [-0.25, -0.2) is 15.0 Å². The molecule has 2 atom stereocenters. The normalized spacial score (nSPS) is 16.2. The molecule has 0 saturated carbocycles. The molecule has 1 aromatic heterocycles. The van der Waals surface area contributed by atoms with E-state index in [1.807, 2.05) is 0 Å². The summed E-state index contributed by atoms with van der Waals surface area (Å²) in [6, 6.07) is 59.1. The second-order valence-electron chi connectivity index (χ2n) is 16.9. The molecule has 0 fully saturated rings. The van der Waals surface area contributed by atoms with Crippen LogP contribution in [0.5, 0.6) is 0 Å². The standard InChI is InChI=1S/C59H45N3/c1-38-24-28-40(29-25-38)42-12-10-16-47(35-42)57-60-58(48-17-11-13-43(36-48)41-30-26-39(2)27-31-41)62-59(61-57)55-23-8-3-18-49(55)46-15-9-14-44(34-46)45-32-33-54-52-21-5-4-19-50(52)51-20-6-7-22-53(51)56(54)37-45/h3-24,26,28-39H,25,27H2,1-2H3/t38-,39?/m1/s1. The summed E-state index contributed by atoms with van der Waals surface area (Å²) < 4.78 is 0. The summed E-state index contributed by atoms with van der Waals surface area (Å²) in [4.78, 5) is 15.8. The van der Waals surface area contributed by atoms with Crippen molar-refractivity contribution in [1.29, 1.82) is 0 Å². The van der Waals surface area contributed by atoms with Gasteiger partial charge in [0.15, 0.2) is 17.5 Å². The van der Waals surface area contributed by atoms with Crippen LogP contribution < -0.4 is 0 Å². The lowest BCUT2D eigenvalue weighted by Gasteiger charge is -2.15. The molecule has 0 spiro atoms. The zero-order chi connectivity index (χ0) is 41.6. The van der Waals surface area contributed by atoms with Crippen LogP contribution in [0, 0.1) is 11.8 Å². The zero-order valence-electron chi connectivity index (χ0n) is 35.0. The van der Waals surface area contributed by atoms with Gasteiger partial charge in [-0.15, -0.1) is 0 Å². The molecule has 0 saturated heterocycles. The molecule has 1 unspecified atom stereocenters. The van der Waals surface area contributed by atoms with E-state index in [4.69, 9.17) is 15.0 Å². The van der Waals surface area contributed by atoms with Crippen LogP contribution in [0.2, 0.25) is 0 Å². The van der Waals surface area contributed by atoms with Crippen LogP contribution in [0.3, 0.4) is 0 Å². The van der Waals surface area contributed by atoms with Gasteiger partial charge in [0, 0.05) is 16.7 Å². The zero-order valence-corrected chi connectivity index (χ0v) is 35.0. The molecule has 0 radical (unpaired) electrons. The van der Waals surface area contributed by atoms with Crippen LogP contribution in [0.4, 0.5) is 0 Å². The maximum atomic E-state index is 5.29. The Kier molecular flexibility index (Phi) is 9.58. The average Bonchev–Trinajstić information content (AvgIpc) is 3.34. The molecule has 62 heavy (non-hydrogen) atoms. The summed E-state index contributed by atoms with van der Waals surface area (Å²) in [6.07, 6.45) is 15.8. The average molecular weight is 796 g/mol. The van der Waals surface area contributed by atoms with Crippen LogP contribution in [0.1, 0.15) is 37.8 Å². The number of fused-ring (bicyclic) bond motifs is 6. The van der Waals surface area contributed by atoms with E-state index in [1.54, 1.807) is 0 Å². The number of hydrogen-bond donors (Lipinski definition) is 0. The summed E-state index contributed by atoms with van der Waals surface area (Å²) >= 11 is 0. The molecule has 2 aliphatic rings. The fraction of sp³-hybridized carbons (Fsp3) is 0.102. The number of rotatable bonds is 7. The molecule has 0 N–H and O–H groups in total. The van der Waals surface area contributed by atoms with Gasteiger partial charge in [0.25, 0.3) is 0 Å². The number of aromatic nitrogens is 3. The van der Waals surface area contributed by atoms with Gasteiger partial charge in [0.05, 0.1) is 0 Å². The van der Waals surface area contributed by atoms with Gasteiger partial charge < -0.3 is 0 Å². The largest absolute Gasteiger partial charge is 0.208 e. The quantitative estimate of drug-likeness (QED) is 0.151. The van der Waals surface area contributed by atoms with Crippen molar-refractivity contribution in [2.24, 2.45) is 11.8 Å². The van der Waals surface area contributed by atoms with Crippen molar-refractivity contribution in [2.75, 3.05) is 0 Å². The fourth-order valence-corrected chi connectivity index (χ4v) is 9.20. The third-order valence-electron chi connectivity index (χ3n) is 12.6. The second kappa shape index (κ2) is 15.8. The lowest BCUT2D eigenvalue weighted by molar-refractivity contribution is 0.739. The SMILES string of the molecule is CC1C=CC(c2cccc(-c3nc(-c4cccc(C5=CC[C@H](C)C=C5)c4)nc(-c4ccccc4-c4cccc(-c5ccc6c7ccccc7c7ccccc7c6c5)c4)n3)c2)=CC1. The van der Waals surface area contributed by atoms with Gasteiger partial charge in [-0.2, -0.15) is 0 Å². The van der Waals surface area contributed by atoms with Crippen molar-refractivity contribution < 1.29 is 0 Å². The van der Waals surface area contributed by atoms with Crippen LogP contribution >= 0.6 is 0 Å². The van der Waals surface area contributed by atoms with E-state index in [1.165, 1.54) is 49.0 Å². The molecule has 3 nitrogen and oxygen atoms in total. The Morgan fingerprint density at radius 2 is 0.758 bits per heavy atom.